The van der Waals surface area contributed by atoms with Gasteiger partial charge in [0.15, 0.2) is 0 Å². The SMILES string of the molecule is C1CCOC1.NNC(=O)c1ccccc1.Nc1ccc(Oc2ccncc2)cc1.O=C(Cl)Oc1ccc([N+](=O)[O-])cc1.O=C(NNC(=O)c1ccccc1)Nc1ccc(Oc2ccncc2)cc1.O=C(Nc1ccc(Oc2ccncc2)cc1)Oc1ccc([N+](=O)[O-])cc1. The van der Waals surface area contributed by atoms with E-state index in [0.29, 0.717) is 45.5 Å². The number of halogens is 1. The largest absolute Gasteiger partial charge is 0.457 e. The molecule has 3 aromatic heterocycles. The van der Waals surface area contributed by atoms with Gasteiger partial charge in [0.2, 0.25) is 0 Å². The molecule has 7 aromatic carbocycles. The van der Waals surface area contributed by atoms with Gasteiger partial charge in [0.1, 0.15) is 46.0 Å². The molecular weight excluding hydrogens is 1240 g/mol. The standard InChI is InChI=1S/C19H16N4O3.C18H13N3O5.C11H10N2O.C7H4ClNO4.C7H8N2O.C4H8O/c24-18(14-4-2-1-3-5-14)22-23-19(25)21-15-6-8-16(9-7-15)26-17-10-12-20-13-11-17;22-18(26-16-7-3-14(4-8-16)21(23)24)20-13-1-5-15(6-2-13)25-17-9-11-19-12-10-17;12-9-1-3-10(4-2-9)14-11-5-7-13-8-6-11;8-7(10)13-6-3-1-5(2-4-6)9(11)12;8-9-7(10)6-4-2-1-3-5-6;1-2-4-5-3-1/h1-13H,(H,22,24)(H2,21,23,25);1-12H,(H,20,22);1-8H,12H2;1-4H;1-5H,8H2,(H,9,10);1-4H2. The van der Waals surface area contributed by atoms with Crippen molar-refractivity contribution in [3.63, 3.8) is 0 Å². The summed E-state index contributed by atoms with van der Waals surface area (Å²) in [5, 5.41) is 26.0. The van der Waals surface area contributed by atoms with Crippen molar-refractivity contribution in [2.45, 2.75) is 12.8 Å². The van der Waals surface area contributed by atoms with Crippen LogP contribution in [0, 0.1) is 20.2 Å². The van der Waals surface area contributed by atoms with Crippen LogP contribution in [0.1, 0.15) is 33.6 Å². The number of hydrogen-bond donors (Lipinski definition) is 7. The Morgan fingerprint density at radius 1 is 0.436 bits per heavy atom. The highest BCUT2D eigenvalue weighted by atomic mass is 35.5. The molecule has 10 aromatic rings. The first-order valence-corrected chi connectivity index (χ1v) is 28.2. The number of pyridine rings is 3. The Hall–Kier alpha value is -12.9. The van der Waals surface area contributed by atoms with Gasteiger partial charge in [0, 0.05) is 114 Å². The van der Waals surface area contributed by atoms with Crippen molar-refractivity contribution in [2.75, 3.05) is 29.6 Å². The second-order valence-electron chi connectivity index (χ2n) is 18.4. The molecule has 0 unspecified atom stereocenters. The van der Waals surface area contributed by atoms with Crippen LogP contribution in [0.4, 0.5) is 42.8 Å². The summed E-state index contributed by atoms with van der Waals surface area (Å²) in [4.78, 5) is 88.0. The van der Waals surface area contributed by atoms with Crippen LogP contribution >= 0.6 is 11.6 Å². The monoisotopic (exact) mass is 1290 g/mol. The van der Waals surface area contributed by atoms with Gasteiger partial charge >= 0.3 is 17.6 Å². The van der Waals surface area contributed by atoms with Crippen molar-refractivity contribution in [3.8, 4) is 46.0 Å². The molecule has 11 rings (SSSR count). The number of aromatic nitrogens is 3. The molecule has 0 atom stereocenters. The van der Waals surface area contributed by atoms with Crippen molar-refractivity contribution in [1.82, 2.24) is 31.2 Å². The van der Waals surface area contributed by atoms with Gasteiger partial charge in [-0.3, -0.25) is 60.9 Å². The molecular formula is C66H59ClN12O15. The summed E-state index contributed by atoms with van der Waals surface area (Å²) in [6.45, 7) is 2.00. The van der Waals surface area contributed by atoms with E-state index in [1.54, 1.807) is 189 Å². The number of non-ortho nitro benzene ring substituents is 2. The first-order chi connectivity index (χ1) is 45.6. The summed E-state index contributed by atoms with van der Waals surface area (Å²) in [7, 11) is 0. The highest BCUT2D eigenvalue weighted by Crippen LogP contribution is 2.26. The van der Waals surface area contributed by atoms with E-state index in [-0.39, 0.29) is 28.8 Å². The van der Waals surface area contributed by atoms with Gasteiger partial charge in [-0.2, -0.15) is 0 Å². The van der Waals surface area contributed by atoms with Crippen molar-refractivity contribution in [1.29, 1.82) is 0 Å². The van der Waals surface area contributed by atoms with E-state index >= 15 is 0 Å². The van der Waals surface area contributed by atoms with Crippen LogP contribution in [-0.2, 0) is 4.74 Å². The first kappa shape index (κ1) is 70.2. The van der Waals surface area contributed by atoms with Gasteiger partial charge in [-0.15, -0.1) is 0 Å². The predicted molar refractivity (Wildman–Crippen MR) is 349 cm³/mol. The lowest BCUT2D eigenvalue weighted by atomic mass is 10.2. The van der Waals surface area contributed by atoms with E-state index in [1.807, 2.05) is 23.6 Å². The number of benzene rings is 7. The molecule has 1 aliphatic rings. The molecule has 1 aliphatic heterocycles. The summed E-state index contributed by atoms with van der Waals surface area (Å²) in [5.74, 6) is 8.70. The van der Waals surface area contributed by atoms with E-state index in [0.717, 1.165) is 30.4 Å². The van der Waals surface area contributed by atoms with Crippen molar-refractivity contribution in [3.05, 3.63) is 287 Å². The van der Waals surface area contributed by atoms with Crippen LogP contribution in [-0.4, -0.2) is 67.4 Å². The lowest BCUT2D eigenvalue weighted by Crippen LogP contribution is -2.43. The molecule has 480 valence electrons. The minimum absolute atomic E-state index is 0.0747. The number of nitro benzene ring substituents is 2. The number of carbonyl (C=O) groups excluding carboxylic acids is 5. The molecule has 94 heavy (non-hydrogen) atoms. The van der Waals surface area contributed by atoms with Gasteiger partial charge in [0.05, 0.1) is 9.85 Å². The molecule has 5 amide bonds. The zero-order valence-corrected chi connectivity index (χ0v) is 50.2. The molecule has 0 spiro atoms. The summed E-state index contributed by atoms with van der Waals surface area (Å²) in [6, 6.07) is 58.4. The third kappa shape index (κ3) is 27.3. The number of rotatable bonds is 14. The first-order valence-electron chi connectivity index (χ1n) is 27.8. The Kier molecular flexibility index (Phi) is 29.3. The minimum atomic E-state index is -0.978. The van der Waals surface area contributed by atoms with Crippen molar-refractivity contribution >= 4 is 69.4 Å². The fraction of sp³-hybridized carbons (Fsp3) is 0.0606. The highest BCUT2D eigenvalue weighted by molar-refractivity contribution is 6.61. The van der Waals surface area contributed by atoms with Crippen LogP contribution in [0.15, 0.2) is 256 Å². The summed E-state index contributed by atoms with van der Waals surface area (Å²) >= 11 is 4.92. The summed E-state index contributed by atoms with van der Waals surface area (Å²) < 4.78 is 31.3. The van der Waals surface area contributed by atoms with Gasteiger partial charge in [-0.25, -0.2) is 25.7 Å². The average molecular weight is 1300 g/mol. The number of nitrogens with two attached hydrogens (primary N) is 2. The molecule has 0 saturated carbocycles. The van der Waals surface area contributed by atoms with E-state index < -0.39 is 33.3 Å². The summed E-state index contributed by atoms with van der Waals surface area (Å²) in [5.41, 5.74) is 13.9. The lowest BCUT2D eigenvalue weighted by Gasteiger charge is -2.10. The average Bonchev–Trinajstić information content (AvgIpc) is 1.78. The Balaban J connectivity index is 0.000000190. The zero-order chi connectivity index (χ0) is 67.1. The maximum absolute atomic E-state index is 11.9. The Labute approximate surface area is 541 Å². The number of nitrogens with one attached hydrogen (secondary N) is 5. The normalized spacial score (nSPS) is 10.4. The van der Waals surface area contributed by atoms with Crippen LogP contribution in [0.25, 0.3) is 0 Å². The zero-order valence-electron chi connectivity index (χ0n) is 49.5. The molecule has 0 aliphatic carbocycles. The predicted octanol–water partition coefficient (Wildman–Crippen LogP) is 13.6. The fourth-order valence-corrected chi connectivity index (χ4v) is 7.20. The van der Waals surface area contributed by atoms with Crippen LogP contribution in [0.5, 0.6) is 46.0 Å². The Bertz CT molecular complexity index is 3930. The number of hydrazine groups is 2. The molecule has 4 heterocycles. The van der Waals surface area contributed by atoms with Crippen LogP contribution in [0.3, 0.4) is 0 Å². The van der Waals surface area contributed by atoms with Gasteiger partial charge in [-0.05, 0) is 171 Å². The molecule has 1 saturated heterocycles. The number of nitro groups is 2. The number of carbonyl (C=O) groups is 5. The van der Waals surface area contributed by atoms with Gasteiger partial charge in [0.25, 0.3) is 23.2 Å². The molecule has 0 bridgehead atoms. The Morgan fingerprint density at radius 2 is 0.787 bits per heavy atom. The maximum atomic E-state index is 11.9. The number of anilines is 3. The van der Waals surface area contributed by atoms with Crippen LogP contribution in [0.2, 0.25) is 0 Å². The smallest absolute Gasteiger partial charge is 0.417 e. The quantitative estimate of drug-likeness (QED) is 0.0133. The van der Waals surface area contributed by atoms with E-state index in [1.165, 1.54) is 61.4 Å². The minimum Gasteiger partial charge on any atom is -0.457 e. The third-order valence-corrected chi connectivity index (χ3v) is 11.7. The Morgan fingerprint density at radius 3 is 1.15 bits per heavy atom. The maximum Gasteiger partial charge on any atom is 0.417 e. The number of urea groups is 1. The number of nitrogen functional groups attached to an aromatic ring is 2. The number of ether oxygens (including phenoxy) is 6. The number of hydrogen-bond acceptors (Lipinski definition) is 20. The third-order valence-electron chi connectivity index (χ3n) is 11.6. The highest BCUT2D eigenvalue weighted by Gasteiger charge is 2.11. The van der Waals surface area contributed by atoms with Crippen LogP contribution < -0.4 is 62.2 Å². The molecule has 28 heteroatoms. The van der Waals surface area contributed by atoms with Gasteiger partial charge in [-0.1, -0.05) is 36.4 Å². The molecule has 1 fully saturated rings. The van der Waals surface area contributed by atoms with Crippen molar-refractivity contribution < 1.29 is 62.2 Å². The lowest BCUT2D eigenvalue weighted by molar-refractivity contribution is -0.385. The van der Waals surface area contributed by atoms with Crippen molar-refractivity contribution in [2.24, 2.45) is 5.84 Å². The molecule has 9 N–H and O–H groups in total. The summed E-state index contributed by atoms with van der Waals surface area (Å²) in [6.07, 6.45) is 11.7. The van der Waals surface area contributed by atoms with E-state index in [9.17, 15) is 44.2 Å². The molecule has 27 nitrogen and oxygen atoms in total. The van der Waals surface area contributed by atoms with E-state index in [2.05, 4.69) is 41.2 Å². The molecule has 0 radical (unpaired) electrons. The second-order valence-corrected chi connectivity index (χ2v) is 18.7. The topological polar surface area (TPSA) is 378 Å². The number of nitrogens with zero attached hydrogens (tertiary/aromatic N) is 5. The van der Waals surface area contributed by atoms with Gasteiger partial charge < -0.3 is 39.5 Å². The fourth-order valence-electron chi connectivity index (χ4n) is 7.11. The van der Waals surface area contributed by atoms with E-state index in [4.69, 9.17) is 46.9 Å². The second kappa shape index (κ2) is 39.2. The number of amides is 5.